The van der Waals surface area contributed by atoms with Crippen molar-refractivity contribution in [2.45, 2.75) is 11.6 Å². The van der Waals surface area contributed by atoms with Gasteiger partial charge in [0.1, 0.15) is 0 Å². The summed E-state index contributed by atoms with van der Waals surface area (Å²) < 4.78 is 13.6. The lowest BCUT2D eigenvalue weighted by Gasteiger charge is -2.27. The second-order valence-corrected chi connectivity index (χ2v) is 7.86. The van der Waals surface area contributed by atoms with E-state index in [-0.39, 0.29) is 5.66 Å². The minimum absolute atomic E-state index is 0.192. The van der Waals surface area contributed by atoms with Crippen molar-refractivity contribution >= 4 is 17.8 Å². The fourth-order valence-corrected chi connectivity index (χ4v) is 6.68. The largest absolute Gasteiger partial charge is 0.313 e. The van der Waals surface area contributed by atoms with Crippen molar-refractivity contribution in [3.05, 3.63) is 72.3 Å². The molecule has 0 aromatic heterocycles. The van der Waals surface area contributed by atoms with Gasteiger partial charge in [-0.2, -0.15) is 0 Å². The summed E-state index contributed by atoms with van der Waals surface area (Å²) >= 11 is 0. The number of rotatable bonds is 1. The molecule has 1 heterocycles. The molecule has 2 aliphatic rings. The highest BCUT2D eigenvalue weighted by molar-refractivity contribution is 7.80. The highest BCUT2D eigenvalue weighted by Crippen LogP contribution is 2.63. The van der Waals surface area contributed by atoms with Crippen molar-refractivity contribution in [3.63, 3.8) is 0 Å². The van der Waals surface area contributed by atoms with Crippen LogP contribution in [0, 0.1) is 0 Å². The monoisotopic (exact) mass is 252 g/mol. The predicted molar refractivity (Wildman–Crippen MR) is 75.4 cm³/mol. The first-order valence-corrected chi connectivity index (χ1v) is 8.02. The van der Waals surface area contributed by atoms with Gasteiger partial charge >= 0.3 is 0 Å². The van der Waals surface area contributed by atoms with Gasteiger partial charge in [-0.15, -0.1) is 0 Å². The predicted octanol–water partition coefficient (Wildman–Crippen LogP) is 3.04. The van der Waals surface area contributed by atoms with Gasteiger partial charge in [-0.3, -0.25) is 0 Å². The molecule has 88 valence electrons. The van der Waals surface area contributed by atoms with Crippen LogP contribution in [0.5, 0.6) is 0 Å². The second kappa shape index (κ2) is 3.46. The van der Waals surface area contributed by atoms with Crippen molar-refractivity contribution in [2.24, 2.45) is 0 Å². The summed E-state index contributed by atoms with van der Waals surface area (Å²) in [5.41, 5.74) is 1.45. The van der Waals surface area contributed by atoms with E-state index in [1.165, 1.54) is 5.56 Å². The van der Waals surface area contributed by atoms with E-state index in [2.05, 4.69) is 18.2 Å². The van der Waals surface area contributed by atoms with Gasteiger partial charge in [0.05, 0.1) is 0 Å². The van der Waals surface area contributed by atoms with Crippen molar-refractivity contribution in [1.82, 2.24) is 0 Å². The molecule has 0 saturated carbocycles. The Morgan fingerprint density at radius 3 is 2.28 bits per heavy atom. The van der Waals surface area contributed by atoms with Gasteiger partial charge in [0.25, 0.3) is 0 Å². The van der Waals surface area contributed by atoms with Crippen molar-refractivity contribution in [1.29, 1.82) is 0 Å². The zero-order valence-corrected chi connectivity index (χ0v) is 10.8. The quantitative estimate of drug-likeness (QED) is 0.563. The normalized spacial score (nSPS) is 31.6. The standard InChI is InChI=1S/C16H13OP/c17-18(12-6-2-1-3-7-12)15-9-5-4-8-13(15)14-10-11-16(14)18/h1-11,14,16H. The topological polar surface area (TPSA) is 17.1 Å². The van der Waals surface area contributed by atoms with Crippen LogP contribution in [-0.2, 0) is 4.57 Å². The van der Waals surface area contributed by atoms with E-state index in [0.29, 0.717) is 5.92 Å². The second-order valence-electron chi connectivity index (χ2n) is 4.95. The third-order valence-corrected chi connectivity index (χ3v) is 7.62. The van der Waals surface area contributed by atoms with Crippen molar-refractivity contribution in [3.8, 4) is 0 Å². The van der Waals surface area contributed by atoms with Crippen LogP contribution < -0.4 is 10.6 Å². The molecule has 3 atom stereocenters. The number of fused-ring (bicyclic) bond motifs is 3. The molecule has 2 aromatic carbocycles. The first kappa shape index (κ1) is 10.3. The van der Waals surface area contributed by atoms with Crippen LogP contribution in [0.15, 0.2) is 66.7 Å². The lowest BCUT2D eigenvalue weighted by molar-refractivity contribution is 0.579. The maximum absolute atomic E-state index is 13.6. The third-order valence-electron chi connectivity index (χ3n) is 4.10. The zero-order chi connectivity index (χ0) is 12.2. The van der Waals surface area contributed by atoms with Gasteiger partial charge in [0, 0.05) is 22.2 Å². The Morgan fingerprint density at radius 1 is 0.833 bits per heavy atom. The van der Waals surface area contributed by atoms with Crippen LogP contribution in [-0.4, -0.2) is 5.66 Å². The van der Waals surface area contributed by atoms with Crippen LogP contribution >= 0.6 is 7.14 Å². The SMILES string of the molecule is O=P1(c2ccccc2)c2ccccc2C2C=CC21. The maximum Gasteiger partial charge on any atom is 0.150 e. The van der Waals surface area contributed by atoms with Gasteiger partial charge in [0.15, 0.2) is 7.14 Å². The first-order valence-electron chi connectivity index (χ1n) is 6.25. The Kier molecular flexibility index (Phi) is 1.99. The molecular formula is C16H13OP. The van der Waals surface area contributed by atoms with Crippen molar-refractivity contribution < 1.29 is 4.57 Å². The molecular weight excluding hydrogens is 239 g/mol. The summed E-state index contributed by atoms with van der Waals surface area (Å²) in [6.45, 7) is 0. The van der Waals surface area contributed by atoms with E-state index in [1.54, 1.807) is 0 Å². The third kappa shape index (κ3) is 1.11. The summed E-state index contributed by atoms with van der Waals surface area (Å²) in [5.74, 6) is 0.368. The van der Waals surface area contributed by atoms with Gasteiger partial charge in [-0.25, -0.2) is 0 Å². The van der Waals surface area contributed by atoms with Crippen LogP contribution in [0.3, 0.4) is 0 Å². The van der Waals surface area contributed by atoms with Crippen LogP contribution in [0.25, 0.3) is 0 Å². The molecule has 0 spiro atoms. The number of hydrogen-bond acceptors (Lipinski definition) is 1. The summed E-state index contributed by atoms with van der Waals surface area (Å²) in [6.07, 6.45) is 4.31. The first-order chi connectivity index (χ1) is 8.82. The highest BCUT2D eigenvalue weighted by atomic mass is 31.2. The molecule has 2 aromatic rings. The number of benzene rings is 2. The van der Waals surface area contributed by atoms with E-state index in [1.807, 2.05) is 48.5 Å². The molecule has 3 unspecified atom stereocenters. The Hall–Kier alpha value is -1.59. The Morgan fingerprint density at radius 2 is 1.56 bits per heavy atom. The molecule has 18 heavy (non-hydrogen) atoms. The molecule has 0 saturated heterocycles. The summed E-state index contributed by atoms with van der Waals surface area (Å²) in [4.78, 5) is 0. The molecule has 1 nitrogen and oxygen atoms in total. The highest BCUT2D eigenvalue weighted by Gasteiger charge is 2.50. The van der Waals surface area contributed by atoms with Crippen LogP contribution in [0.2, 0.25) is 0 Å². The number of hydrogen-bond donors (Lipinski definition) is 0. The van der Waals surface area contributed by atoms with E-state index < -0.39 is 7.14 Å². The molecule has 0 radical (unpaired) electrons. The summed E-state index contributed by atoms with van der Waals surface area (Å²) in [5, 5.41) is 2.06. The molecule has 0 N–H and O–H groups in total. The zero-order valence-electron chi connectivity index (χ0n) is 9.86. The maximum atomic E-state index is 13.6. The average molecular weight is 252 g/mol. The Bertz CT molecular complexity index is 687. The fraction of sp³-hybridized carbons (Fsp3) is 0.125. The average Bonchev–Trinajstić information content (AvgIpc) is 2.55. The smallest absolute Gasteiger partial charge is 0.150 e. The van der Waals surface area contributed by atoms with Gasteiger partial charge < -0.3 is 4.57 Å². The molecule has 1 aliphatic heterocycles. The molecule has 2 heteroatoms. The Balaban J connectivity index is 2.02. The molecule has 1 aliphatic carbocycles. The van der Waals surface area contributed by atoms with Gasteiger partial charge in [-0.05, 0) is 5.56 Å². The van der Waals surface area contributed by atoms with E-state index in [0.717, 1.165) is 10.6 Å². The summed E-state index contributed by atoms with van der Waals surface area (Å²) in [6, 6.07) is 18.2. The van der Waals surface area contributed by atoms with Gasteiger partial charge in [-0.1, -0.05) is 66.7 Å². The van der Waals surface area contributed by atoms with E-state index in [9.17, 15) is 4.57 Å². The van der Waals surface area contributed by atoms with Gasteiger partial charge in [0.2, 0.25) is 0 Å². The molecule has 0 bridgehead atoms. The molecule has 0 fully saturated rings. The van der Waals surface area contributed by atoms with Crippen LogP contribution in [0.4, 0.5) is 0 Å². The number of allylic oxidation sites excluding steroid dienone is 2. The minimum atomic E-state index is -2.46. The van der Waals surface area contributed by atoms with E-state index >= 15 is 0 Å². The molecule has 0 amide bonds. The summed E-state index contributed by atoms with van der Waals surface area (Å²) in [7, 11) is -2.46. The van der Waals surface area contributed by atoms with Crippen molar-refractivity contribution in [2.75, 3.05) is 0 Å². The fourth-order valence-electron chi connectivity index (χ4n) is 3.15. The minimum Gasteiger partial charge on any atom is -0.313 e. The lowest BCUT2D eigenvalue weighted by Crippen LogP contribution is -2.23. The lowest BCUT2D eigenvalue weighted by atomic mass is 9.88. The Labute approximate surface area is 107 Å². The van der Waals surface area contributed by atoms with E-state index in [4.69, 9.17) is 0 Å². The van der Waals surface area contributed by atoms with Crippen LogP contribution in [0.1, 0.15) is 11.5 Å². The molecule has 4 rings (SSSR count).